The van der Waals surface area contributed by atoms with Gasteiger partial charge in [-0.2, -0.15) is 0 Å². The third-order valence-corrected chi connectivity index (χ3v) is 5.07. The van der Waals surface area contributed by atoms with Gasteiger partial charge in [0, 0.05) is 5.57 Å². The predicted octanol–water partition coefficient (Wildman–Crippen LogP) is 4.26. The van der Waals surface area contributed by atoms with Crippen molar-refractivity contribution in [2.45, 2.75) is 19.8 Å². The molecule has 1 saturated heterocycles. The number of hydrogen-bond acceptors (Lipinski definition) is 5. The topological polar surface area (TPSA) is 65.1 Å². The van der Waals surface area contributed by atoms with Gasteiger partial charge in [-0.3, -0.25) is 9.59 Å². The van der Waals surface area contributed by atoms with Crippen LogP contribution < -0.4 is 19.1 Å². The van der Waals surface area contributed by atoms with Crippen LogP contribution in [0.2, 0.25) is 0 Å². The van der Waals surface area contributed by atoms with Crippen molar-refractivity contribution in [1.82, 2.24) is 0 Å². The molecule has 6 nitrogen and oxygen atoms in total. The summed E-state index contributed by atoms with van der Waals surface area (Å²) in [6, 6.07) is 12.4. The first kappa shape index (κ1) is 21.2. The molecule has 0 N–H and O–H groups in total. The molecule has 0 radical (unpaired) electrons. The molecule has 156 valence electrons. The first-order chi connectivity index (χ1) is 14.5. The summed E-state index contributed by atoms with van der Waals surface area (Å²) in [6.45, 7) is 3.70. The summed E-state index contributed by atoms with van der Waals surface area (Å²) in [4.78, 5) is 28.1. The van der Waals surface area contributed by atoms with E-state index >= 15 is 0 Å². The summed E-state index contributed by atoms with van der Waals surface area (Å²) in [7, 11) is 4.55. The third kappa shape index (κ3) is 3.56. The van der Waals surface area contributed by atoms with E-state index in [1.165, 1.54) is 26.2 Å². The van der Waals surface area contributed by atoms with Gasteiger partial charge in [-0.25, -0.2) is 4.90 Å². The first-order valence-corrected chi connectivity index (χ1v) is 9.55. The van der Waals surface area contributed by atoms with Gasteiger partial charge in [0.1, 0.15) is 0 Å². The number of rotatable bonds is 6. The lowest BCUT2D eigenvalue weighted by molar-refractivity contribution is -0.121. The number of allylic oxidation sites excluding steroid dienone is 3. The molecule has 0 bridgehead atoms. The van der Waals surface area contributed by atoms with Crippen molar-refractivity contribution in [2.75, 3.05) is 26.2 Å². The van der Waals surface area contributed by atoms with Crippen molar-refractivity contribution in [1.29, 1.82) is 0 Å². The van der Waals surface area contributed by atoms with Crippen molar-refractivity contribution in [2.24, 2.45) is 0 Å². The number of hydrogen-bond donors (Lipinski definition) is 0. The molecule has 0 aliphatic carbocycles. The smallest absolute Gasteiger partial charge is 0.262 e. The van der Waals surface area contributed by atoms with Gasteiger partial charge in [0.2, 0.25) is 11.7 Å². The average molecular weight is 407 g/mol. The number of carbonyl (C=O) groups excluding carboxylic acids is 2. The van der Waals surface area contributed by atoms with E-state index in [2.05, 4.69) is 0 Å². The van der Waals surface area contributed by atoms with Crippen LogP contribution in [0.4, 0.5) is 5.69 Å². The summed E-state index contributed by atoms with van der Waals surface area (Å²) in [5, 5.41) is 0. The summed E-state index contributed by atoms with van der Waals surface area (Å²) < 4.78 is 16.3. The van der Waals surface area contributed by atoms with Crippen LogP contribution in [0.5, 0.6) is 17.2 Å². The zero-order chi connectivity index (χ0) is 21.8. The van der Waals surface area contributed by atoms with Crippen molar-refractivity contribution >= 4 is 17.5 Å². The molecule has 1 aliphatic rings. The number of benzene rings is 2. The predicted molar refractivity (Wildman–Crippen MR) is 115 cm³/mol. The standard InChI is InChI=1S/C24H25NO5/c1-6-10-15(2)20-21(16-13-18(28-3)22(30-5)19(14-16)29-4)24(27)25(23(20)26)17-11-8-7-9-12-17/h6-14,21H,1-5H3/b10-6?,20-15+. The molecule has 6 heteroatoms. The first-order valence-electron chi connectivity index (χ1n) is 9.55. The van der Waals surface area contributed by atoms with Gasteiger partial charge in [-0.1, -0.05) is 30.4 Å². The number of amides is 2. The Labute approximate surface area is 176 Å². The minimum absolute atomic E-state index is 0.320. The van der Waals surface area contributed by atoms with Crippen LogP contribution in [0.3, 0.4) is 0 Å². The van der Waals surface area contributed by atoms with E-state index in [-0.39, 0.29) is 11.8 Å². The molecule has 1 atom stereocenters. The quantitative estimate of drug-likeness (QED) is 0.529. The molecule has 0 saturated carbocycles. The van der Waals surface area contributed by atoms with Crippen LogP contribution in [0, 0.1) is 0 Å². The Balaban J connectivity index is 2.24. The number of nitrogens with zero attached hydrogens (tertiary/aromatic N) is 1. The maximum Gasteiger partial charge on any atom is 0.262 e. The second kappa shape index (κ2) is 8.86. The zero-order valence-corrected chi connectivity index (χ0v) is 17.8. The number of anilines is 1. The molecule has 1 aliphatic heterocycles. The monoisotopic (exact) mass is 407 g/mol. The highest BCUT2D eigenvalue weighted by atomic mass is 16.5. The van der Waals surface area contributed by atoms with Crippen molar-refractivity contribution in [3.05, 3.63) is 71.3 Å². The largest absolute Gasteiger partial charge is 0.493 e. The maximum atomic E-state index is 13.5. The zero-order valence-electron chi connectivity index (χ0n) is 17.8. The van der Waals surface area contributed by atoms with Crippen LogP contribution in [-0.4, -0.2) is 33.1 Å². The molecule has 1 fully saturated rings. The van der Waals surface area contributed by atoms with Gasteiger partial charge >= 0.3 is 0 Å². The number of imide groups is 1. The lowest BCUT2D eigenvalue weighted by Crippen LogP contribution is -2.30. The second-order valence-electron chi connectivity index (χ2n) is 6.80. The van der Waals surface area contributed by atoms with Crippen molar-refractivity contribution < 1.29 is 23.8 Å². The highest BCUT2D eigenvalue weighted by molar-refractivity contribution is 6.31. The summed E-state index contributed by atoms with van der Waals surface area (Å²) >= 11 is 0. The van der Waals surface area contributed by atoms with E-state index in [1.807, 2.05) is 32.1 Å². The maximum absolute atomic E-state index is 13.5. The van der Waals surface area contributed by atoms with Crippen molar-refractivity contribution in [3.8, 4) is 17.2 Å². The Kier molecular flexibility index (Phi) is 6.26. The average Bonchev–Trinajstić information content (AvgIpc) is 3.03. The number of methoxy groups -OCH3 is 3. The Morgan fingerprint density at radius 2 is 1.57 bits per heavy atom. The minimum atomic E-state index is -0.789. The molecule has 30 heavy (non-hydrogen) atoms. The fraction of sp³-hybridized carbons (Fsp3) is 0.250. The van der Waals surface area contributed by atoms with Crippen LogP contribution in [-0.2, 0) is 9.59 Å². The van der Waals surface area contributed by atoms with E-state index < -0.39 is 5.92 Å². The fourth-order valence-corrected chi connectivity index (χ4v) is 3.73. The molecule has 0 spiro atoms. The molecular weight excluding hydrogens is 382 g/mol. The highest BCUT2D eigenvalue weighted by Crippen LogP contribution is 2.45. The lowest BCUT2D eigenvalue weighted by atomic mass is 9.89. The second-order valence-corrected chi connectivity index (χ2v) is 6.80. The van der Waals surface area contributed by atoms with Gasteiger partial charge in [0.05, 0.1) is 32.9 Å². The normalized spacial score (nSPS) is 18.2. The van der Waals surface area contributed by atoms with Gasteiger partial charge in [0.15, 0.2) is 11.5 Å². The van der Waals surface area contributed by atoms with E-state index in [9.17, 15) is 9.59 Å². The molecule has 1 unspecified atom stereocenters. The molecule has 2 aromatic carbocycles. The number of para-hydroxylation sites is 1. The fourth-order valence-electron chi connectivity index (χ4n) is 3.73. The van der Waals surface area contributed by atoms with Gasteiger partial charge in [0.25, 0.3) is 5.91 Å². The van der Waals surface area contributed by atoms with E-state index in [0.717, 1.165) is 5.57 Å². The van der Waals surface area contributed by atoms with Crippen LogP contribution >= 0.6 is 0 Å². The van der Waals surface area contributed by atoms with Crippen molar-refractivity contribution in [3.63, 3.8) is 0 Å². The SMILES string of the molecule is CC=C/C(C)=C1/C(=O)N(c2ccccc2)C(=O)C1c1cc(OC)c(OC)c(OC)c1. The summed E-state index contributed by atoms with van der Waals surface area (Å²) in [5.74, 6) is -0.166. The summed E-state index contributed by atoms with van der Waals surface area (Å²) in [6.07, 6.45) is 3.68. The highest BCUT2D eigenvalue weighted by Gasteiger charge is 2.46. The third-order valence-electron chi connectivity index (χ3n) is 5.07. The molecule has 0 aromatic heterocycles. The van der Waals surface area contributed by atoms with Gasteiger partial charge < -0.3 is 14.2 Å². The van der Waals surface area contributed by atoms with Gasteiger partial charge in [-0.15, -0.1) is 0 Å². The van der Waals surface area contributed by atoms with Crippen LogP contribution in [0.15, 0.2) is 65.8 Å². The molecule has 2 aromatic rings. The number of carbonyl (C=O) groups is 2. The molecule has 3 rings (SSSR count). The molecule has 1 heterocycles. The Hall–Kier alpha value is -3.54. The Morgan fingerprint density at radius 3 is 2.07 bits per heavy atom. The Bertz CT molecular complexity index is 998. The minimum Gasteiger partial charge on any atom is -0.493 e. The van der Waals surface area contributed by atoms with E-state index in [0.29, 0.717) is 34.1 Å². The molecular formula is C24H25NO5. The summed E-state index contributed by atoms with van der Waals surface area (Å²) in [5.41, 5.74) is 2.29. The molecule has 2 amide bonds. The lowest BCUT2D eigenvalue weighted by Gasteiger charge is -2.18. The van der Waals surface area contributed by atoms with Gasteiger partial charge in [-0.05, 0) is 49.2 Å². The Morgan fingerprint density at radius 1 is 0.967 bits per heavy atom. The van der Waals surface area contributed by atoms with E-state index in [4.69, 9.17) is 14.2 Å². The number of ether oxygens (including phenoxy) is 3. The van der Waals surface area contributed by atoms with Crippen LogP contribution in [0.1, 0.15) is 25.3 Å². The van der Waals surface area contributed by atoms with Crippen LogP contribution in [0.25, 0.3) is 0 Å². The van der Waals surface area contributed by atoms with E-state index in [1.54, 1.807) is 36.4 Å².